The van der Waals surface area contributed by atoms with Crippen LogP contribution in [0.3, 0.4) is 0 Å². The summed E-state index contributed by atoms with van der Waals surface area (Å²) in [5.41, 5.74) is 0.676. The Morgan fingerprint density at radius 2 is 2.08 bits per heavy atom. The van der Waals surface area contributed by atoms with E-state index in [4.69, 9.17) is 0 Å². The first kappa shape index (κ1) is 17.4. The number of urea groups is 1. The van der Waals surface area contributed by atoms with Gasteiger partial charge in [-0.15, -0.1) is 0 Å². The molecule has 0 saturated carbocycles. The molecule has 0 spiro atoms. The van der Waals surface area contributed by atoms with E-state index >= 15 is 0 Å². The van der Waals surface area contributed by atoms with Crippen LogP contribution in [-0.4, -0.2) is 58.6 Å². The number of nitrogens with one attached hydrogen (secondary N) is 1. The summed E-state index contributed by atoms with van der Waals surface area (Å²) in [6, 6.07) is 5.64. The normalized spacial score (nSPS) is 17.2. The SMILES string of the molecule is CN1CCCN(C(=O)NC(c2cccc(F)c2)c2nccn2C)CC1. The van der Waals surface area contributed by atoms with Crippen molar-refractivity contribution in [3.05, 3.63) is 53.9 Å². The van der Waals surface area contributed by atoms with Crippen molar-refractivity contribution in [2.24, 2.45) is 7.05 Å². The van der Waals surface area contributed by atoms with Gasteiger partial charge in [0, 0.05) is 39.1 Å². The molecule has 25 heavy (non-hydrogen) atoms. The molecule has 1 aromatic heterocycles. The third-order valence-electron chi connectivity index (χ3n) is 4.57. The predicted octanol–water partition coefficient (Wildman–Crippen LogP) is 2.00. The van der Waals surface area contributed by atoms with Crippen LogP contribution in [0.1, 0.15) is 23.9 Å². The molecule has 6 nitrogen and oxygen atoms in total. The Balaban J connectivity index is 1.83. The fraction of sp³-hybridized carbons (Fsp3) is 0.444. The number of carbonyl (C=O) groups is 1. The molecule has 1 fully saturated rings. The summed E-state index contributed by atoms with van der Waals surface area (Å²) in [6.45, 7) is 3.22. The summed E-state index contributed by atoms with van der Waals surface area (Å²) in [4.78, 5) is 21.2. The predicted molar refractivity (Wildman–Crippen MR) is 93.7 cm³/mol. The number of aryl methyl sites for hydroxylation is 1. The maximum Gasteiger partial charge on any atom is 0.318 e. The molecule has 0 bridgehead atoms. The van der Waals surface area contributed by atoms with Gasteiger partial charge in [0.25, 0.3) is 0 Å². The fourth-order valence-corrected chi connectivity index (χ4v) is 3.10. The zero-order valence-electron chi connectivity index (χ0n) is 14.7. The van der Waals surface area contributed by atoms with Crippen LogP contribution in [0, 0.1) is 5.82 Å². The van der Waals surface area contributed by atoms with Crippen molar-refractivity contribution in [1.29, 1.82) is 0 Å². The first-order chi connectivity index (χ1) is 12.0. The first-order valence-electron chi connectivity index (χ1n) is 8.51. The van der Waals surface area contributed by atoms with E-state index in [2.05, 4.69) is 22.2 Å². The Morgan fingerprint density at radius 3 is 2.80 bits per heavy atom. The van der Waals surface area contributed by atoms with Gasteiger partial charge in [0.1, 0.15) is 17.7 Å². The van der Waals surface area contributed by atoms with Crippen LogP contribution >= 0.6 is 0 Å². The topological polar surface area (TPSA) is 53.4 Å². The second-order valence-corrected chi connectivity index (χ2v) is 6.48. The highest BCUT2D eigenvalue weighted by Gasteiger charge is 2.25. The Bertz CT molecular complexity index is 732. The number of carbonyl (C=O) groups excluding carboxylic acids is 1. The molecule has 1 atom stereocenters. The molecule has 2 aromatic rings. The number of nitrogens with zero attached hydrogens (tertiary/aromatic N) is 4. The average Bonchev–Trinajstić information content (AvgIpc) is 2.88. The lowest BCUT2D eigenvalue weighted by Gasteiger charge is -2.25. The summed E-state index contributed by atoms with van der Waals surface area (Å²) < 4.78 is 15.5. The van der Waals surface area contributed by atoms with Crippen LogP contribution in [0.5, 0.6) is 0 Å². The number of amides is 2. The van der Waals surface area contributed by atoms with E-state index in [0.29, 0.717) is 24.5 Å². The highest BCUT2D eigenvalue weighted by molar-refractivity contribution is 5.75. The van der Waals surface area contributed by atoms with E-state index < -0.39 is 6.04 Å². The number of hydrogen-bond donors (Lipinski definition) is 1. The fourth-order valence-electron chi connectivity index (χ4n) is 3.10. The number of imidazole rings is 1. The molecule has 1 aromatic carbocycles. The molecule has 1 aliphatic rings. The highest BCUT2D eigenvalue weighted by Crippen LogP contribution is 2.21. The second kappa shape index (κ2) is 7.65. The van der Waals surface area contributed by atoms with Crippen molar-refractivity contribution in [2.75, 3.05) is 33.2 Å². The number of rotatable bonds is 3. The summed E-state index contributed by atoms with van der Waals surface area (Å²) in [5.74, 6) is 0.341. The lowest BCUT2D eigenvalue weighted by molar-refractivity contribution is 0.196. The average molecular weight is 345 g/mol. The monoisotopic (exact) mass is 345 g/mol. The van der Waals surface area contributed by atoms with E-state index in [1.165, 1.54) is 12.1 Å². The maximum absolute atomic E-state index is 13.7. The summed E-state index contributed by atoms with van der Waals surface area (Å²) in [7, 11) is 3.92. The quantitative estimate of drug-likeness (QED) is 0.926. The number of likely N-dealkylation sites (N-methyl/N-ethyl adjacent to an activating group) is 1. The van der Waals surface area contributed by atoms with E-state index in [9.17, 15) is 9.18 Å². The summed E-state index contributed by atoms with van der Waals surface area (Å²) in [5, 5.41) is 3.03. The van der Waals surface area contributed by atoms with Gasteiger partial charge in [0.05, 0.1) is 0 Å². The molecule has 3 rings (SSSR count). The third kappa shape index (κ3) is 4.17. The van der Waals surface area contributed by atoms with Gasteiger partial charge < -0.3 is 19.7 Å². The molecule has 0 radical (unpaired) electrons. The number of hydrogen-bond acceptors (Lipinski definition) is 3. The van der Waals surface area contributed by atoms with Gasteiger partial charge in [-0.3, -0.25) is 0 Å². The van der Waals surface area contributed by atoms with Crippen LogP contribution in [0.25, 0.3) is 0 Å². The van der Waals surface area contributed by atoms with Crippen molar-refractivity contribution >= 4 is 6.03 Å². The third-order valence-corrected chi connectivity index (χ3v) is 4.57. The van der Waals surface area contributed by atoms with E-state index in [1.807, 2.05) is 22.7 Å². The number of aromatic nitrogens is 2. The van der Waals surface area contributed by atoms with Gasteiger partial charge in [-0.25, -0.2) is 14.2 Å². The smallest absolute Gasteiger partial charge is 0.318 e. The summed E-state index contributed by atoms with van der Waals surface area (Å²) >= 11 is 0. The Kier molecular flexibility index (Phi) is 5.33. The molecule has 0 aliphatic carbocycles. The molecule has 1 N–H and O–H groups in total. The molecule has 1 saturated heterocycles. The molecule has 2 heterocycles. The van der Waals surface area contributed by atoms with Crippen LogP contribution in [0.15, 0.2) is 36.7 Å². The van der Waals surface area contributed by atoms with Crippen LogP contribution in [-0.2, 0) is 7.05 Å². The zero-order chi connectivity index (χ0) is 17.8. The van der Waals surface area contributed by atoms with E-state index in [1.54, 1.807) is 18.3 Å². The van der Waals surface area contributed by atoms with Crippen molar-refractivity contribution < 1.29 is 9.18 Å². The molecule has 1 unspecified atom stereocenters. The Hall–Kier alpha value is -2.41. The minimum Gasteiger partial charge on any atom is -0.336 e. The van der Waals surface area contributed by atoms with Crippen molar-refractivity contribution in [1.82, 2.24) is 24.7 Å². The minimum absolute atomic E-state index is 0.146. The molecule has 1 aliphatic heterocycles. The highest BCUT2D eigenvalue weighted by atomic mass is 19.1. The Morgan fingerprint density at radius 1 is 1.24 bits per heavy atom. The minimum atomic E-state index is -0.496. The van der Waals surface area contributed by atoms with Crippen molar-refractivity contribution in [2.45, 2.75) is 12.5 Å². The van der Waals surface area contributed by atoms with Gasteiger partial charge in [0.2, 0.25) is 0 Å². The molecular weight excluding hydrogens is 321 g/mol. The lowest BCUT2D eigenvalue weighted by atomic mass is 10.1. The van der Waals surface area contributed by atoms with Gasteiger partial charge in [-0.1, -0.05) is 12.1 Å². The zero-order valence-corrected chi connectivity index (χ0v) is 14.7. The van der Waals surface area contributed by atoms with Gasteiger partial charge in [0.15, 0.2) is 0 Å². The maximum atomic E-state index is 13.7. The van der Waals surface area contributed by atoms with Gasteiger partial charge in [-0.2, -0.15) is 0 Å². The molecule has 2 amide bonds. The van der Waals surface area contributed by atoms with Gasteiger partial charge >= 0.3 is 6.03 Å². The van der Waals surface area contributed by atoms with Crippen molar-refractivity contribution in [3.8, 4) is 0 Å². The summed E-state index contributed by atoms with van der Waals surface area (Å²) in [6.07, 6.45) is 4.43. The van der Waals surface area contributed by atoms with E-state index in [0.717, 1.165) is 19.5 Å². The standard InChI is InChI=1S/C18H24FN5O/c1-22-8-4-9-24(12-11-22)18(25)21-16(17-20-7-10-23(17)2)14-5-3-6-15(19)13-14/h3,5-7,10,13,16H,4,8-9,11-12H2,1-2H3,(H,21,25). The largest absolute Gasteiger partial charge is 0.336 e. The molecule has 7 heteroatoms. The first-order valence-corrected chi connectivity index (χ1v) is 8.51. The Labute approximate surface area is 147 Å². The van der Waals surface area contributed by atoms with E-state index in [-0.39, 0.29) is 11.8 Å². The van der Waals surface area contributed by atoms with Crippen LogP contribution in [0.2, 0.25) is 0 Å². The molecule has 134 valence electrons. The van der Waals surface area contributed by atoms with Crippen LogP contribution in [0.4, 0.5) is 9.18 Å². The van der Waals surface area contributed by atoms with Crippen LogP contribution < -0.4 is 5.32 Å². The number of benzene rings is 1. The second-order valence-electron chi connectivity index (χ2n) is 6.48. The number of halogens is 1. The van der Waals surface area contributed by atoms with Gasteiger partial charge in [-0.05, 0) is 37.7 Å². The van der Waals surface area contributed by atoms with Crippen molar-refractivity contribution in [3.63, 3.8) is 0 Å². The molecular formula is C18H24FN5O. The lowest BCUT2D eigenvalue weighted by Crippen LogP contribution is -2.44.